The number of halogens is 1. The van der Waals surface area contributed by atoms with E-state index in [0.717, 1.165) is 15.4 Å². The number of esters is 1. The molecule has 0 spiro atoms. The molecule has 1 aromatic carbocycles. The monoisotopic (exact) mass is 268 g/mol. The molecule has 0 aliphatic heterocycles. The van der Waals surface area contributed by atoms with Crippen LogP contribution in [0.2, 0.25) is 0 Å². The van der Waals surface area contributed by atoms with E-state index in [1.54, 1.807) is 7.05 Å². The highest BCUT2D eigenvalue weighted by Gasteiger charge is 2.18. The Labute approximate surface area is 95.0 Å². The van der Waals surface area contributed by atoms with Crippen LogP contribution in [0, 0.1) is 0 Å². The zero-order valence-electron chi connectivity index (χ0n) is 8.32. The zero-order chi connectivity index (χ0) is 11.0. The Balaban J connectivity index is 2.82. The van der Waals surface area contributed by atoms with Crippen LogP contribution in [0.4, 0.5) is 0 Å². The molecule has 5 heteroatoms. The summed E-state index contributed by atoms with van der Waals surface area (Å²) in [7, 11) is 3.08. The van der Waals surface area contributed by atoms with Crippen molar-refractivity contribution in [2.45, 2.75) is 0 Å². The van der Waals surface area contributed by atoms with Crippen LogP contribution in [0.3, 0.4) is 0 Å². The van der Waals surface area contributed by atoms with Gasteiger partial charge in [-0.1, -0.05) is 22.0 Å². The van der Waals surface area contributed by atoms with Gasteiger partial charge < -0.3 is 4.74 Å². The predicted octanol–water partition coefficient (Wildman–Crippen LogP) is 2.12. The second-order valence-electron chi connectivity index (χ2n) is 3.10. The van der Waals surface area contributed by atoms with E-state index in [9.17, 15) is 4.79 Å². The van der Waals surface area contributed by atoms with Crippen LogP contribution in [-0.2, 0) is 11.8 Å². The van der Waals surface area contributed by atoms with Crippen molar-refractivity contribution in [1.29, 1.82) is 0 Å². The molecule has 1 heterocycles. The van der Waals surface area contributed by atoms with Gasteiger partial charge in [-0.05, 0) is 12.1 Å². The van der Waals surface area contributed by atoms with Crippen LogP contribution in [0.5, 0.6) is 0 Å². The second-order valence-corrected chi connectivity index (χ2v) is 3.95. The highest BCUT2D eigenvalue weighted by atomic mass is 79.9. The average Bonchev–Trinajstić information content (AvgIpc) is 2.55. The first-order valence-corrected chi connectivity index (χ1v) is 5.14. The van der Waals surface area contributed by atoms with Gasteiger partial charge in [-0.15, -0.1) is 0 Å². The van der Waals surface area contributed by atoms with Gasteiger partial charge in [0.05, 0.1) is 12.6 Å². The summed E-state index contributed by atoms with van der Waals surface area (Å²) < 4.78 is 7.09. The molecule has 2 aromatic rings. The van der Waals surface area contributed by atoms with Crippen LogP contribution in [0.1, 0.15) is 10.5 Å². The fourth-order valence-corrected chi connectivity index (χ4v) is 2.08. The topological polar surface area (TPSA) is 44.1 Å². The van der Waals surface area contributed by atoms with Crippen LogP contribution >= 0.6 is 15.9 Å². The summed E-state index contributed by atoms with van der Waals surface area (Å²) in [5.74, 6) is -0.383. The smallest absolute Gasteiger partial charge is 0.357 e. The van der Waals surface area contributed by atoms with Gasteiger partial charge in [-0.25, -0.2) is 4.79 Å². The normalized spacial score (nSPS) is 10.6. The summed E-state index contributed by atoms with van der Waals surface area (Å²) in [4.78, 5) is 11.6. The molecule has 4 nitrogen and oxygen atoms in total. The molecule has 0 aliphatic rings. The molecule has 0 amide bonds. The van der Waals surface area contributed by atoms with Gasteiger partial charge in [0.25, 0.3) is 0 Å². The van der Waals surface area contributed by atoms with Gasteiger partial charge in [0.1, 0.15) is 0 Å². The van der Waals surface area contributed by atoms with Crippen LogP contribution in [-0.4, -0.2) is 22.9 Å². The molecule has 78 valence electrons. The van der Waals surface area contributed by atoms with Crippen molar-refractivity contribution < 1.29 is 9.53 Å². The first-order chi connectivity index (χ1) is 7.15. The van der Waals surface area contributed by atoms with Crippen molar-refractivity contribution in [1.82, 2.24) is 9.78 Å². The summed E-state index contributed by atoms with van der Waals surface area (Å²) in [5, 5.41) is 5.01. The third-order valence-corrected chi connectivity index (χ3v) is 2.85. The van der Waals surface area contributed by atoms with Crippen LogP contribution in [0.25, 0.3) is 10.9 Å². The highest BCUT2D eigenvalue weighted by molar-refractivity contribution is 9.10. The summed E-state index contributed by atoms with van der Waals surface area (Å²) in [6.07, 6.45) is 0. The number of nitrogens with zero attached hydrogens (tertiary/aromatic N) is 2. The minimum absolute atomic E-state index is 0.383. The van der Waals surface area contributed by atoms with Crippen molar-refractivity contribution in [2.24, 2.45) is 7.05 Å². The maximum Gasteiger partial charge on any atom is 0.357 e. The van der Waals surface area contributed by atoms with Gasteiger partial charge in [-0.2, -0.15) is 5.10 Å². The lowest BCUT2D eigenvalue weighted by Gasteiger charge is -2.00. The molecule has 0 N–H and O–H groups in total. The van der Waals surface area contributed by atoms with Crippen LogP contribution < -0.4 is 0 Å². The largest absolute Gasteiger partial charge is 0.464 e. The standard InChI is InChI=1S/C10H9BrN2O2/c1-13-9(10(14)15-2)8-6(11)4-3-5-7(8)12-13/h3-5H,1-2H3. The Morgan fingerprint density at radius 2 is 2.27 bits per heavy atom. The molecule has 15 heavy (non-hydrogen) atoms. The molecule has 1 aromatic heterocycles. The maximum atomic E-state index is 11.6. The van der Waals surface area contributed by atoms with E-state index in [-0.39, 0.29) is 5.97 Å². The maximum absolute atomic E-state index is 11.6. The van der Waals surface area contributed by atoms with Crippen molar-refractivity contribution in [2.75, 3.05) is 7.11 Å². The lowest BCUT2D eigenvalue weighted by Crippen LogP contribution is -2.08. The number of carbonyl (C=O) groups excluding carboxylic acids is 1. The molecule has 0 aliphatic carbocycles. The van der Waals surface area contributed by atoms with Crippen molar-refractivity contribution >= 4 is 32.8 Å². The number of aryl methyl sites for hydroxylation is 1. The fourth-order valence-electron chi connectivity index (χ4n) is 1.53. The Morgan fingerprint density at radius 1 is 1.53 bits per heavy atom. The highest BCUT2D eigenvalue weighted by Crippen LogP contribution is 2.26. The third-order valence-electron chi connectivity index (χ3n) is 2.19. The van der Waals surface area contributed by atoms with Crippen molar-refractivity contribution in [3.8, 4) is 0 Å². The Morgan fingerprint density at radius 3 is 2.93 bits per heavy atom. The Hall–Kier alpha value is -1.36. The second kappa shape index (κ2) is 3.66. The number of benzene rings is 1. The minimum Gasteiger partial charge on any atom is -0.464 e. The zero-order valence-corrected chi connectivity index (χ0v) is 9.91. The van der Waals surface area contributed by atoms with E-state index in [0.29, 0.717) is 5.69 Å². The first kappa shape index (κ1) is 10.2. The predicted molar refractivity (Wildman–Crippen MR) is 59.8 cm³/mol. The molecule has 0 bridgehead atoms. The summed E-state index contributed by atoms with van der Waals surface area (Å²) in [6, 6.07) is 5.60. The molecule has 0 fully saturated rings. The van der Waals surface area contributed by atoms with E-state index in [1.165, 1.54) is 11.8 Å². The molecular weight excluding hydrogens is 260 g/mol. The summed E-state index contributed by atoms with van der Waals surface area (Å²) in [6.45, 7) is 0. The number of aromatic nitrogens is 2. The number of carbonyl (C=O) groups is 1. The van der Waals surface area contributed by atoms with Gasteiger partial charge in [0.15, 0.2) is 5.69 Å². The lowest BCUT2D eigenvalue weighted by atomic mass is 10.2. The molecule has 0 saturated carbocycles. The molecule has 0 unspecified atom stereocenters. The van der Waals surface area contributed by atoms with E-state index in [2.05, 4.69) is 21.0 Å². The number of fused-ring (bicyclic) bond motifs is 1. The summed E-state index contributed by atoms with van der Waals surface area (Å²) >= 11 is 3.40. The summed E-state index contributed by atoms with van der Waals surface area (Å²) in [5.41, 5.74) is 1.23. The van der Waals surface area contributed by atoms with E-state index in [4.69, 9.17) is 4.74 Å². The van der Waals surface area contributed by atoms with Crippen molar-refractivity contribution in [3.63, 3.8) is 0 Å². The fraction of sp³-hybridized carbons (Fsp3) is 0.200. The van der Waals surface area contributed by atoms with Crippen molar-refractivity contribution in [3.05, 3.63) is 28.4 Å². The average molecular weight is 269 g/mol. The molecule has 0 saturated heterocycles. The molecule has 0 radical (unpaired) electrons. The lowest BCUT2D eigenvalue weighted by molar-refractivity contribution is 0.0590. The van der Waals surface area contributed by atoms with Gasteiger partial charge in [-0.3, -0.25) is 4.68 Å². The number of methoxy groups -OCH3 is 1. The molecule has 2 rings (SSSR count). The Kier molecular flexibility index (Phi) is 2.48. The Bertz CT molecular complexity index is 533. The number of ether oxygens (including phenoxy) is 1. The van der Waals surface area contributed by atoms with Gasteiger partial charge >= 0.3 is 5.97 Å². The number of hydrogen-bond acceptors (Lipinski definition) is 3. The minimum atomic E-state index is -0.383. The number of rotatable bonds is 1. The van der Waals surface area contributed by atoms with Gasteiger partial charge in [0, 0.05) is 16.9 Å². The van der Waals surface area contributed by atoms with E-state index in [1.807, 2.05) is 18.2 Å². The van der Waals surface area contributed by atoms with Gasteiger partial charge in [0.2, 0.25) is 0 Å². The first-order valence-electron chi connectivity index (χ1n) is 4.34. The SMILES string of the molecule is COC(=O)c1c2c(Br)cccc2nn1C. The molecular formula is C10H9BrN2O2. The molecule has 0 atom stereocenters. The third kappa shape index (κ3) is 1.52. The quantitative estimate of drug-likeness (QED) is 0.745. The van der Waals surface area contributed by atoms with E-state index >= 15 is 0 Å². The van der Waals surface area contributed by atoms with Crippen LogP contribution in [0.15, 0.2) is 22.7 Å². The number of hydrogen-bond donors (Lipinski definition) is 0. The van der Waals surface area contributed by atoms with E-state index < -0.39 is 0 Å².